The maximum absolute atomic E-state index is 13.7. The molecule has 0 fully saturated rings. The molecule has 0 spiro atoms. The lowest BCUT2D eigenvalue weighted by Gasteiger charge is -2.42. The van der Waals surface area contributed by atoms with E-state index in [9.17, 15) is 9.59 Å². The maximum Gasteiger partial charge on any atom is 0.289 e. The molecule has 1 amide bonds. The Labute approximate surface area is 237 Å². The Bertz CT molecular complexity index is 1520. The molecule has 40 heavy (non-hydrogen) atoms. The number of benzene rings is 2. The van der Waals surface area contributed by atoms with Crippen LogP contribution in [0.4, 0.5) is 0 Å². The number of rotatable bonds is 8. The lowest BCUT2D eigenvalue weighted by Crippen LogP contribution is -2.34. The molecule has 2 aromatic heterocycles. The molecular weight excluding hydrogens is 496 g/mol. The highest BCUT2D eigenvalue weighted by atomic mass is 16.4. The van der Waals surface area contributed by atoms with Crippen LogP contribution in [-0.4, -0.2) is 28.1 Å². The first-order valence-corrected chi connectivity index (χ1v) is 14.1. The molecule has 0 aliphatic heterocycles. The Morgan fingerprint density at radius 3 is 2.17 bits per heavy atom. The summed E-state index contributed by atoms with van der Waals surface area (Å²) in [7, 11) is 0. The van der Waals surface area contributed by atoms with Crippen molar-refractivity contribution in [2.75, 3.05) is 6.54 Å². The summed E-state index contributed by atoms with van der Waals surface area (Å²) in [5.74, 6) is -0.0912. The van der Waals surface area contributed by atoms with Crippen LogP contribution in [0.3, 0.4) is 0 Å². The number of ketones is 1. The molecule has 5 rings (SSSR count). The van der Waals surface area contributed by atoms with Gasteiger partial charge < -0.3 is 9.32 Å². The molecule has 1 aliphatic carbocycles. The minimum Gasteiger partial charge on any atom is -0.447 e. The molecule has 0 radical (unpaired) electrons. The summed E-state index contributed by atoms with van der Waals surface area (Å²) in [6.45, 7) is 12.0. The number of fused-ring (bicyclic) bond motifs is 1. The van der Waals surface area contributed by atoms with Crippen LogP contribution in [0.25, 0.3) is 0 Å². The van der Waals surface area contributed by atoms with E-state index in [0.717, 1.165) is 29.7 Å². The number of aromatic nitrogens is 1. The van der Waals surface area contributed by atoms with Gasteiger partial charge in [0.1, 0.15) is 0 Å². The Morgan fingerprint density at radius 1 is 0.850 bits per heavy atom. The van der Waals surface area contributed by atoms with E-state index in [-0.39, 0.29) is 34.0 Å². The lowest BCUT2D eigenvalue weighted by molar-refractivity contribution is 0.0710. The van der Waals surface area contributed by atoms with Gasteiger partial charge in [-0.1, -0.05) is 70.2 Å². The van der Waals surface area contributed by atoms with Crippen LogP contribution in [0, 0.1) is 6.92 Å². The first kappa shape index (κ1) is 27.6. The fourth-order valence-corrected chi connectivity index (χ4v) is 5.68. The molecule has 0 saturated carbocycles. The normalized spacial score (nSPS) is 15.3. The fourth-order valence-electron chi connectivity index (χ4n) is 5.68. The van der Waals surface area contributed by atoms with Gasteiger partial charge in [0.05, 0.1) is 0 Å². The number of furan rings is 1. The van der Waals surface area contributed by atoms with E-state index in [1.165, 1.54) is 11.1 Å². The number of carbonyl (C=O) groups is 2. The van der Waals surface area contributed by atoms with Crippen molar-refractivity contribution >= 4 is 11.7 Å². The average Bonchev–Trinajstić information content (AvgIpc) is 3.44. The van der Waals surface area contributed by atoms with Crippen LogP contribution in [0.1, 0.15) is 95.2 Å². The molecule has 0 unspecified atom stereocenters. The molecule has 5 nitrogen and oxygen atoms in total. The van der Waals surface area contributed by atoms with Crippen molar-refractivity contribution in [1.82, 2.24) is 9.88 Å². The summed E-state index contributed by atoms with van der Waals surface area (Å²) < 4.78 is 5.97. The van der Waals surface area contributed by atoms with Crippen LogP contribution < -0.4 is 0 Å². The van der Waals surface area contributed by atoms with Gasteiger partial charge in [0.15, 0.2) is 11.5 Å². The SMILES string of the molecule is Cc1cc2c(cc1C(=O)c1ccc(C(=O)N(CCc3ccccn3)Cc3ccccc3)o1)C(C)(C)CCC2(C)C. The topological polar surface area (TPSA) is 63.4 Å². The minimum absolute atomic E-state index is 0.0105. The summed E-state index contributed by atoms with van der Waals surface area (Å²) in [6, 6.07) is 23.1. The molecule has 0 atom stereocenters. The van der Waals surface area contributed by atoms with Crippen molar-refractivity contribution in [2.24, 2.45) is 0 Å². The molecule has 0 N–H and O–H groups in total. The summed E-state index contributed by atoms with van der Waals surface area (Å²) in [5, 5.41) is 0. The first-order valence-electron chi connectivity index (χ1n) is 14.1. The summed E-state index contributed by atoms with van der Waals surface area (Å²) in [5.41, 5.74) is 6.10. The number of aryl methyl sites for hydroxylation is 1. The molecular formula is C35H38N2O3. The fraction of sp³-hybridized carbons (Fsp3) is 0.343. The van der Waals surface area contributed by atoms with Crippen molar-refractivity contribution in [2.45, 2.75) is 71.3 Å². The molecule has 1 aliphatic rings. The highest BCUT2D eigenvalue weighted by molar-refractivity contribution is 6.09. The number of pyridine rings is 1. The second-order valence-corrected chi connectivity index (χ2v) is 12.3. The van der Waals surface area contributed by atoms with E-state index >= 15 is 0 Å². The van der Waals surface area contributed by atoms with Crippen LogP contribution in [0.2, 0.25) is 0 Å². The van der Waals surface area contributed by atoms with Crippen molar-refractivity contribution in [3.05, 3.63) is 124 Å². The van der Waals surface area contributed by atoms with Gasteiger partial charge in [0.2, 0.25) is 5.78 Å². The van der Waals surface area contributed by atoms with Crippen LogP contribution in [0.15, 0.2) is 83.4 Å². The molecule has 0 saturated heterocycles. The van der Waals surface area contributed by atoms with Gasteiger partial charge in [-0.25, -0.2) is 0 Å². The molecule has 206 valence electrons. The number of hydrogen-bond donors (Lipinski definition) is 0. The van der Waals surface area contributed by atoms with Crippen molar-refractivity contribution in [1.29, 1.82) is 0 Å². The third-order valence-corrected chi connectivity index (χ3v) is 8.35. The van der Waals surface area contributed by atoms with Gasteiger partial charge in [0.25, 0.3) is 5.91 Å². The van der Waals surface area contributed by atoms with E-state index in [2.05, 4.69) is 44.8 Å². The lowest BCUT2D eigenvalue weighted by atomic mass is 9.62. The van der Waals surface area contributed by atoms with Gasteiger partial charge in [-0.15, -0.1) is 0 Å². The Hall–Kier alpha value is -3.99. The zero-order valence-corrected chi connectivity index (χ0v) is 24.2. The van der Waals surface area contributed by atoms with Crippen LogP contribution in [-0.2, 0) is 23.8 Å². The predicted molar refractivity (Wildman–Crippen MR) is 158 cm³/mol. The summed E-state index contributed by atoms with van der Waals surface area (Å²) in [4.78, 5) is 33.5. The predicted octanol–water partition coefficient (Wildman–Crippen LogP) is 7.45. The van der Waals surface area contributed by atoms with E-state index in [0.29, 0.717) is 25.1 Å². The van der Waals surface area contributed by atoms with Crippen LogP contribution in [0.5, 0.6) is 0 Å². The Kier molecular flexibility index (Phi) is 7.50. The number of carbonyl (C=O) groups excluding carboxylic acids is 2. The second kappa shape index (κ2) is 10.9. The van der Waals surface area contributed by atoms with E-state index in [1.807, 2.05) is 55.5 Å². The number of hydrogen-bond acceptors (Lipinski definition) is 4. The third-order valence-electron chi connectivity index (χ3n) is 8.35. The zero-order valence-electron chi connectivity index (χ0n) is 24.2. The first-order chi connectivity index (χ1) is 19.0. The third kappa shape index (κ3) is 5.65. The number of nitrogens with zero attached hydrogens (tertiary/aromatic N) is 2. The zero-order chi connectivity index (χ0) is 28.5. The van der Waals surface area contributed by atoms with Gasteiger partial charge in [-0.3, -0.25) is 14.6 Å². The monoisotopic (exact) mass is 534 g/mol. The van der Waals surface area contributed by atoms with Crippen LogP contribution >= 0.6 is 0 Å². The maximum atomic E-state index is 13.7. The quantitative estimate of drug-likeness (QED) is 0.220. The number of amides is 1. The van der Waals surface area contributed by atoms with Crippen molar-refractivity contribution in [3.63, 3.8) is 0 Å². The smallest absolute Gasteiger partial charge is 0.289 e. The average molecular weight is 535 g/mol. The van der Waals surface area contributed by atoms with Gasteiger partial charge >= 0.3 is 0 Å². The standard InChI is InChI=1S/C35H38N2O3/c1-24-21-28-29(35(4,5)18-17-34(28,2)3)22-27(24)32(38)30-14-15-31(40-30)33(39)37(23-25-11-7-6-8-12-25)20-16-26-13-9-10-19-36-26/h6-15,19,21-22H,16-18,20,23H2,1-5H3. The minimum atomic E-state index is -0.246. The molecule has 0 bridgehead atoms. The van der Waals surface area contributed by atoms with Gasteiger partial charge in [-0.05, 0) is 83.2 Å². The van der Waals surface area contributed by atoms with Crippen molar-refractivity contribution in [3.8, 4) is 0 Å². The van der Waals surface area contributed by atoms with E-state index in [1.54, 1.807) is 23.2 Å². The van der Waals surface area contributed by atoms with E-state index in [4.69, 9.17) is 4.42 Å². The largest absolute Gasteiger partial charge is 0.447 e. The van der Waals surface area contributed by atoms with Gasteiger partial charge in [-0.2, -0.15) is 0 Å². The molecule has 5 heteroatoms. The summed E-state index contributed by atoms with van der Waals surface area (Å²) in [6.07, 6.45) is 4.56. The Morgan fingerprint density at radius 2 is 1.50 bits per heavy atom. The second-order valence-electron chi connectivity index (χ2n) is 12.3. The Balaban J connectivity index is 1.41. The molecule has 2 heterocycles. The molecule has 4 aromatic rings. The highest BCUT2D eigenvalue weighted by Crippen LogP contribution is 2.46. The molecule has 2 aromatic carbocycles. The highest BCUT2D eigenvalue weighted by Gasteiger charge is 2.38. The van der Waals surface area contributed by atoms with Crippen molar-refractivity contribution < 1.29 is 14.0 Å². The summed E-state index contributed by atoms with van der Waals surface area (Å²) >= 11 is 0. The van der Waals surface area contributed by atoms with Gasteiger partial charge in [0, 0.05) is 37.0 Å². The van der Waals surface area contributed by atoms with E-state index < -0.39 is 0 Å².